The minimum absolute atomic E-state index is 0.00706. The molecule has 1 atom stereocenters. The van der Waals surface area contributed by atoms with Crippen molar-refractivity contribution < 1.29 is 31.8 Å². The van der Waals surface area contributed by atoms with Crippen molar-refractivity contribution in [2.24, 2.45) is 5.92 Å². The van der Waals surface area contributed by atoms with Crippen molar-refractivity contribution in [2.75, 3.05) is 44.5 Å². The van der Waals surface area contributed by atoms with Crippen LogP contribution in [0.2, 0.25) is 0 Å². The van der Waals surface area contributed by atoms with Crippen LogP contribution in [0.25, 0.3) is 4.85 Å². The third kappa shape index (κ3) is 4.83. The van der Waals surface area contributed by atoms with Crippen molar-refractivity contribution in [3.8, 4) is 5.75 Å². The average molecular weight is 441 g/mol. The molecular weight excluding hydrogens is 417 g/mol. The van der Waals surface area contributed by atoms with Crippen LogP contribution in [0.5, 0.6) is 5.75 Å². The van der Waals surface area contributed by atoms with E-state index in [0.717, 1.165) is 6.42 Å². The molecule has 0 saturated carbocycles. The summed E-state index contributed by atoms with van der Waals surface area (Å²) in [5, 5.41) is 0. The summed E-state index contributed by atoms with van der Waals surface area (Å²) >= 11 is 0. The summed E-state index contributed by atoms with van der Waals surface area (Å²) in [7, 11) is -2.69. The first kappa shape index (κ1) is 22.3. The van der Waals surface area contributed by atoms with Gasteiger partial charge >= 0.3 is 10.2 Å². The molecule has 9 nitrogen and oxygen atoms in total. The molecule has 11 heteroatoms. The van der Waals surface area contributed by atoms with Crippen molar-refractivity contribution in [3.63, 3.8) is 0 Å². The van der Waals surface area contributed by atoms with Gasteiger partial charge in [-0.25, -0.2) is 20.0 Å². The molecular formula is C19H24FN3O6S. The van der Waals surface area contributed by atoms with Crippen LogP contribution in [0.3, 0.4) is 0 Å². The number of carbonyl (C=O) groups is 1. The lowest BCUT2D eigenvalue weighted by atomic mass is 10.00. The van der Waals surface area contributed by atoms with E-state index in [2.05, 4.69) is 4.85 Å². The number of aryl methyl sites for hydroxylation is 1. The highest BCUT2D eigenvalue weighted by Gasteiger charge is 2.39. The molecule has 1 N–H and O–H groups in total. The quantitative estimate of drug-likeness (QED) is 0.284. The van der Waals surface area contributed by atoms with Crippen LogP contribution in [0.4, 0.5) is 10.1 Å². The summed E-state index contributed by atoms with van der Waals surface area (Å²) in [5.41, 5.74) is 0.817. The van der Waals surface area contributed by atoms with Gasteiger partial charge < -0.3 is 19.1 Å². The third-order valence-electron chi connectivity index (χ3n) is 5.17. The Labute approximate surface area is 175 Å². The Morgan fingerprint density at radius 3 is 2.77 bits per heavy atom. The second-order valence-electron chi connectivity index (χ2n) is 7.16. The summed E-state index contributed by atoms with van der Waals surface area (Å²) in [4.78, 5) is 15.1. The Morgan fingerprint density at radius 1 is 1.33 bits per heavy atom. The van der Waals surface area contributed by atoms with Crippen molar-refractivity contribution >= 4 is 21.8 Å². The van der Waals surface area contributed by atoms with Gasteiger partial charge in [-0.15, -0.1) is 0 Å². The summed E-state index contributed by atoms with van der Waals surface area (Å²) in [5.74, 6) is -1.32. The van der Waals surface area contributed by atoms with Crippen LogP contribution < -0.4 is 13.8 Å². The van der Waals surface area contributed by atoms with Gasteiger partial charge in [-0.1, -0.05) is 0 Å². The zero-order chi connectivity index (χ0) is 21.7. The minimum Gasteiger partial charge on any atom is -0.465 e. The van der Waals surface area contributed by atoms with Gasteiger partial charge in [0.2, 0.25) is 6.54 Å². The number of carbonyl (C=O) groups excluding carboxylic acids is 1. The number of hydrogen-bond acceptors (Lipinski definition) is 6. The molecule has 164 valence electrons. The third-order valence-corrected chi connectivity index (χ3v) is 6.55. The Balaban J connectivity index is 1.97. The molecule has 0 radical (unpaired) electrons. The largest absolute Gasteiger partial charge is 0.465 e. The molecule has 1 saturated heterocycles. The maximum atomic E-state index is 15.6. The van der Waals surface area contributed by atoms with Crippen LogP contribution >= 0.6 is 0 Å². The van der Waals surface area contributed by atoms with Gasteiger partial charge in [0.25, 0.3) is 5.91 Å². The van der Waals surface area contributed by atoms with Crippen molar-refractivity contribution in [1.29, 1.82) is 0 Å². The molecule has 2 aliphatic rings. The first-order valence-corrected chi connectivity index (χ1v) is 11.0. The van der Waals surface area contributed by atoms with Crippen LogP contribution in [0.15, 0.2) is 6.07 Å². The Kier molecular flexibility index (Phi) is 7.12. The number of halogens is 1. The lowest BCUT2D eigenvalue weighted by Gasteiger charge is -2.22. The van der Waals surface area contributed by atoms with E-state index in [0.29, 0.717) is 47.8 Å². The van der Waals surface area contributed by atoms with E-state index in [4.69, 9.17) is 20.8 Å². The van der Waals surface area contributed by atoms with Gasteiger partial charge in [0, 0.05) is 13.0 Å². The molecule has 0 unspecified atom stereocenters. The fraction of sp³-hybridized carbons (Fsp3) is 0.579. The number of benzene rings is 1. The van der Waals surface area contributed by atoms with Gasteiger partial charge in [0.1, 0.15) is 18.0 Å². The number of anilines is 1. The van der Waals surface area contributed by atoms with Gasteiger partial charge in [0.15, 0.2) is 12.6 Å². The highest BCUT2D eigenvalue weighted by molar-refractivity contribution is 7.92. The van der Waals surface area contributed by atoms with Gasteiger partial charge in [-0.05, 0) is 42.9 Å². The Morgan fingerprint density at radius 2 is 2.10 bits per heavy atom. The van der Waals surface area contributed by atoms with E-state index in [1.165, 1.54) is 7.11 Å². The van der Waals surface area contributed by atoms with E-state index in [-0.39, 0.29) is 30.8 Å². The Hall–Kier alpha value is -2.42. The zero-order valence-electron chi connectivity index (χ0n) is 16.6. The van der Waals surface area contributed by atoms with Crippen LogP contribution in [0, 0.1) is 18.3 Å². The van der Waals surface area contributed by atoms with Gasteiger partial charge in [-0.3, -0.25) is 4.79 Å². The predicted molar refractivity (Wildman–Crippen MR) is 106 cm³/mol. The summed E-state index contributed by atoms with van der Waals surface area (Å²) in [6.45, 7) is 7.28. The van der Waals surface area contributed by atoms with Crippen molar-refractivity contribution in [3.05, 3.63) is 34.4 Å². The van der Waals surface area contributed by atoms with E-state index in [1.54, 1.807) is 6.07 Å². The molecule has 1 fully saturated rings. The smallest absolute Gasteiger partial charge is 0.326 e. The summed E-state index contributed by atoms with van der Waals surface area (Å²) in [6, 6.07) is 1.62. The minimum atomic E-state index is -4.22. The topological polar surface area (TPSA) is 98.5 Å². The van der Waals surface area contributed by atoms with E-state index < -0.39 is 28.5 Å². The number of nitrogens with one attached hydrogen (secondary N) is 1. The standard InChI is InChI=1S/C19H24FN3O6S/c1-21-10-13-3-5-14-9-16(29-12-28-8-7-27-2)19(18(20)15(14)6-4-13)23-11-17(24)22-30(23,25)26/h9,13H,3-8,10-12H2,2H3,(H,22,24)/t13-/m0/s1. The Bertz CT molecular complexity index is 947. The number of hydrogen-bond donors (Lipinski definition) is 1. The highest BCUT2D eigenvalue weighted by Crippen LogP contribution is 2.40. The number of fused-ring (bicyclic) bond motifs is 1. The summed E-state index contributed by atoms with van der Waals surface area (Å²) in [6.07, 6.45) is 2.31. The van der Waals surface area contributed by atoms with Gasteiger partial charge in [0.05, 0.1) is 13.2 Å². The maximum Gasteiger partial charge on any atom is 0.326 e. The monoisotopic (exact) mass is 441 g/mol. The van der Waals surface area contributed by atoms with E-state index >= 15 is 4.39 Å². The molecule has 30 heavy (non-hydrogen) atoms. The number of ether oxygens (including phenoxy) is 3. The highest BCUT2D eigenvalue weighted by atomic mass is 32.2. The molecule has 0 spiro atoms. The number of nitrogens with zero attached hydrogens (tertiary/aromatic N) is 2. The maximum absolute atomic E-state index is 15.6. The lowest BCUT2D eigenvalue weighted by molar-refractivity contribution is -0.117. The van der Waals surface area contributed by atoms with Crippen LogP contribution in [0.1, 0.15) is 24.0 Å². The fourth-order valence-electron chi connectivity index (χ4n) is 3.66. The molecule has 0 bridgehead atoms. The first-order valence-electron chi connectivity index (χ1n) is 9.57. The summed E-state index contributed by atoms with van der Waals surface area (Å²) < 4.78 is 58.6. The molecule has 1 aliphatic heterocycles. The SMILES string of the molecule is [C-]#[N+]C[C@H]1CCc2cc(OCOCCOC)c(N3CC(=O)NS3(=O)=O)c(F)c2CC1. The lowest BCUT2D eigenvalue weighted by Crippen LogP contribution is -2.31. The molecule has 0 aromatic heterocycles. The van der Waals surface area contributed by atoms with Crippen molar-refractivity contribution in [1.82, 2.24) is 4.72 Å². The molecule has 1 aromatic rings. The molecule has 1 aliphatic carbocycles. The first-order chi connectivity index (χ1) is 14.4. The number of methoxy groups -OCH3 is 1. The molecule has 1 aromatic carbocycles. The predicted octanol–water partition coefficient (Wildman–Crippen LogP) is 1.42. The number of amides is 1. The van der Waals surface area contributed by atoms with E-state index in [9.17, 15) is 13.2 Å². The van der Waals surface area contributed by atoms with Crippen molar-refractivity contribution in [2.45, 2.75) is 25.7 Å². The molecule has 1 heterocycles. The normalized spacial score (nSPS) is 20.2. The average Bonchev–Trinajstić information content (AvgIpc) is 2.84. The second kappa shape index (κ2) is 9.59. The molecule has 1 amide bonds. The van der Waals surface area contributed by atoms with Gasteiger partial charge in [-0.2, -0.15) is 8.42 Å². The van der Waals surface area contributed by atoms with Crippen LogP contribution in [-0.2, 0) is 37.3 Å². The fourth-order valence-corrected chi connectivity index (χ4v) is 4.82. The zero-order valence-corrected chi connectivity index (χ0v) is 17.5. The second-order valence-corrected chi connectivity index (χ2v) is 8.75. The number of rotatable bonds is 8. The molecule has 3 rings (SSSR count). The van der Waals surface area contributed by atoms with Crippen LogP contribution in [-0.4, -0.2) is 54.5 Å². The van der Waals surface area contributed by atoms with E-state index in [1.807, 2.05) is 4.72 Å².